The van der Waals surface area contributed by atoms with E-state index in [1.54, 1.807) is 6.07 Å². The number of ether oxygens (including phenoxy) is 3. The fourth-order valence-electron chi connectivity index (χ4n) is 3.40. The first-order chi connectivity index (χ1) is 14.5. The molecule has 0 bridgehead atoms. The maximum Gasteiger partial charge on any atom is 0.387 e. The molecule has 1 aliphatic carbocycles. The maximum atomic E-state index is 14.0. The summed E-state index contributed by atoms with van der Waals surface area (Å²) >= 11 is 0. The van der Waals surface area contributed by atoms with Crippen LogP contribution in [0.3, 0.4) is 0 Å². The Morgan fingerprint density at radius 1 is 1.19 bits per heavy atom. The van der Waals surface area contributed by atoms with Gasteiger partial charge in [-0.2, -0.15) is 8.78 Å². The molecule has 31 heavy (non-hydrogen) atoms. The Morgan fingerprint density at radius 3 is 2.52 bits per heavy atom. The van der Waals surface area contributed by atoms with E-state index in [1.165, 1.54) is 31.3 Å². The fraction of sp³-hybridized carbons (Fsp3) is 0.350. The van der Waals surface area contributed by atoms with Gasteiger partial charge in [-0.25, -0.2) is 8.78 Å². The highest BCUT2D eigenvalue weighted by atomic mass is 127. The smallest absolute Gasteiger partial charge is 0.387 e. The van der Waals surface area contributed by atoms with Crippen molar-refractivity contribution < 1.29 is 31.8 Å². The largest absolute Gasteiger partial charge is 0.454 e. The topological polar surface area (TPSA) is 64.1 Å². The van der Waals surface area contributed by atoms with Crippen LogP contribution in [0.15, 0.2) is 35.3 Å². The number of aliphatic imine (C=N–C) groups is 1. The van der Waals surface area contributed by atoms with E-state index in [2.05, 4.69) is 20.4 Å². The minimum atomic E-state index is -3.00. The molecule has 1 saturated carbocycles. The van der Waals surface area contributed by atoms with Gasteiger partial charge in [-0.3, -0.25) is 4.99 Å². The molecule has 2 N–H and O–H groups in total. The monoisotopic (exact) mass is 553 g/mol. The molecule has 2 unspecified atom stereocenters. The molecule has 0 amide bonds. The lowest BCUT2D eigenvalue weighted by Gasteiger charge is -2.15. The first-order valence-corrected chi connectivity index (χ1v) is 9.24. The second-order valence-corrected chi connectivity index (χ2v) is 6.85. The van der Waals surface area contributed by atoms with Gasteiger partial charge < -0.3 is 24.8 Å². The van der Waals surface area contributed by atoms with Crippen LogP contribution in [0.25, 0.3) is 0 Å². The predicted octanol–water partition coefficient (Wildman–Crippen LogP) is 4.13. The minimum absolute atomic E-state index is 0. The van der Waals surface area contributed by atoms with Crippen molar-refractivity contribution in [1.82, 2.24) is 10.6 Å². The van der Waals surface area contributed by atoms with Crippen LogP contribution < -0.4 is 24.8 Å². The third-order valence-corrected chi connectivity index (χ3v) is 4.92. The van der Waals surface area contributed by atoms with Gasteiger partial charge in [0.15, 0.2) is 17.5 Å². The van der Waals surface area contributed by atoms with Crippen molar-refractivity contribution in [2.75, 3.05) is 13.8 Å². The Balaban J connectivity index is 0.00000272. The van der Waals surface area contributed by atoms with E-state index in [0.29, 0.717) is 29.4 Å². The summed E-state index contributed by atoms with van der Waals surface area (Å²) in [6.07, 6.45) is 0.544. The van der Waals surface area contributed by atoms with E-state index in [9.17, 15) is 17.6 Å². The third kappa shape index (κ3) is 5.25. The fourth-order valence-corrected chi connectivity index (χ4v) is 3.40. The molecule has 2 aromatic rings. The molecule has 1 fully saturated rings. The Bertz CT molecular complexity index is 957. The summed E-state index contributed by atoms with van der Waals surface area (Å²) in [5, 5.41) is 6.08. The second kappa shape index (κ2) is 9.79. The number of fused-ring (bicyclic) bond motifs is 1. The molecule has 168 valence electrons. The van der Waals surface area contributed by atoms with Gasteiger partial charge in [0.2, 0.25) is 6.79 Å². The lowest BCUT2D eigenvalue weighted by molar-refractivity contribution is -0.0505. The van der Waals surface area contributed by atoms with E-state index in [0.717, 1.165) is 0 Å². The van der Waals surface area contributed by atoms with Crippen LogP contribution >= 0.6 is 24.0 Å². The van der Waals surface area contributed by atoms with Crippen LogP contribution in [0.5, 0.6) is 17.2 Å². The number of guanidine groups is 1. The van der Waals surface area contributed by atoms with E-state index in [4.69, 9.17) is 9.47 Å². The van der Waals surface area contributed by atoms with Crippen molar-refractivity contribution >= 4 is 29.9 Å². The Hall–Kier alpha value is -2.44. The molecule has 0 saturated heterocycles. The van der Waals surface area contributed by atoms with Crippen molar-refractivity contribution in [2.24, 2.45) is 4.99 Å². The van der Waals surface area contributed by atoms with E-state index < -0.39 is 18.2 Å². The number of hydrogen-bond acceptors (Lipinski definition) is 4. The number of hydrogen-bond donors (Lipinski definition) is 2. The maximum absolute atomic E-state index is 14.0. The van der Waals surface area contributed by atoms with Crippen molar-refractivity contribution in [3.8, 4) is 17.2 Å². The van der Waals surface area contributed by atoms with Gasteiger partial charge >= 0.3 is 6.61 Å². The van der Waals surface area contributed by atoms with Gasteiger partial charge in [0, 0.05) is 42.7 Å². The third-order valence-electron chi connectivity index (χ3n) is 4.92. The normalized spacial score (nSPS) is 19.1. The van der Waals surface area contributed by atoms with Crippen LogP contribution in [-0.4, -0.2) is 32.5 Å². The van der Waals surface area contributed by atoms with Gasteiger partial charge in [0.25, 0.3) is 0 Å². The number of benzene rings is 2. The summed E-state index contributed by atoms with van der Waals surface area (Å²) in [4.78, 5) is 4.08. The minimum Gasteiger partial charge on any atom is -0.454 e. The number of halogens is 5. The SMILES string of the molecule is CN=C(NCc1cc2c(cc1OC(F)F)OCO2)NC1CC1c1c(F)cccc1F.I. The van der Waals surface area contributed by atoms with Gasteiger partial charge in [-0.1, -0.05) is 6.07 Å². The number of nitrogens with zero attached hydrogens (tertiary/aromatic N) is 1. The standard InChI is InChI=1S/C20H19F4N3O3.HI/c1-25-20(27-14-6-11(14)18-12(21)3-2-4-13(18)22)26-8-10-5-16-17(29-9-28-16)7-15(10)30-19(23)24;/h2-5,7,11,14,19H,6,8-9H2,1H3,(H2,25,26,27);1H. The quantitative estimate of drug-likeness (QED) is 0.244. The molecule has 0 radical (unpaired) electrons. The van der Waals surface area contributed by atoms with Gasteiger partial charge in [-0.05, 0) is 24.6 Å². The Kier molecular flexibility index (Phi) is 7.34. The average molecular weight is 553 g/mol. The highest BCUT2D eigenvalue weighted by molar-refractivity contribution is 14.0. The molecule has 11 heteroatoms. The van der Waals surface area contributed by atoms with E-state index in [-0.39, 0.29) is 60.6 Å². The molecule has 2 aliphatic rings. The predicted molar refractivity (Wildman–Crippen MR) is 115 cm³/mol. The highest BCUT2D eigenvalue weighted by Gasteiger charge is 2.42. The average Bonchev–Trinajstić information content (AvgIpc) is 3.28. The molecule has 1 heterocycles. The lowest BCUT2D eigenvalue weighted by atomic mass is 10.1. The highest BCUT2D eigenvalue weighted by Crippen LogP contribution is 2.43. The zero-order valence-electron chi connectivity index (χ0n) is 16.3. The molecular weight excluding hydrogens is 533 g/mol. The van der Waals surface area contributed by atoms with Crippen LogP contribution in [0.1, 0.15) is 23.5 Å². The van der Waals surface area contributed by atoms with Crippen molar-refractivity contribution in [3.63, 3.8) is 0 Å². The zero-order valence-corrected chi connectivity index (χ0v) is 18.7. The van der Waals surface area contributed by atoms with Crippen LogP contribution in [0, 0.1) is 11.6 Å². The molecule has 0 spiro atoms. The molecule has 2 aromatic carbocycles. The molecular formula is C20H20F4IN3O3. The molecule has 0 aromatic heterocycles. The van der Waals surface area contributed by atoms with E-state index >= 15 is 0 Å². The Morgan fingerprint density at radius 2 is 1.87 bits per heavy atom. The van der Waals surface area contributed by atoms with Crippen LogP contribution in [0.4, 0.5) is 17.6 Å². The van der Waals surface area contributed by atoms with Crippen molar-refractivity contribution in [2.45, 2.75) is 31.5 Å². The Labute approximate surface area is 193 Å². The number of alkyl halides is 2. The molecule has 4 rings (SSSR count). The molecule has 2 atom stereocenters. The summed E-state index contributed by atoms with van der Waals surface area (Å²) in [5.74, 6) is -0.413. The number of rotatable bonds is 6. The summed E-state index contributed by atoms with van der Waals surface area (Å²) < 4.78 is 68.5. The summed E-state index contributed by atoms with van der Waals surface area (Å²) in [7, 11) is 1.53. The number of nitrogens with one attached hydrogen (secondary N) is 2. The summed E-state index contributed by atoms with van der Waals surface area (Å²) in [5.41, 5.74) is 0.462. The van der Waals surface area contributed by atoms with Crippen LogP contribution in [0.2, 0.25) is 0 Å². The van der Waals surface area contributed by atoms with Crippen LogP contribution in [-0.2, 0) is 6.54 Å². The van der Waals surface area contributed by atoms with Gasteiger partial charge in [-0.15, -0.1) is 24.0 Å². The molecule has 6 nitrogen and oxygen atoms in total. The summed E-state index contributed by atoms with van der Waals surface area (Å²) in [6, 6.07) is 6.48. The molecule has 1 aliphatic heterocycles. The second-order valence-electron chi connectivity index (χ2n) is 6.85. The van der Waals surface area contributed by atoms with Gasteiger partial charge in [0.05, 0.1) is 0 Å². The lowest BCUT2D eigenvalue weighted by Crippen LogP contribution is -2.38. The van der Waals surface area contributed by atoms with Crippen molar-refractivity contribution in [1.29, 1.82) is 0 Å². The first kappa shape index (κ1) is 23.2. The summed E-state index contributed by atoms with van der Waals surface area (Å²) in [6.45, 7) is -2.90. The first-order valence-electron chi connectivity index (χ1n) is 9.24. The van der Waals surface area contributed by atoms with Crippen molar-refractivity contribution in [3.05, 3.63) is 53.1 Å². The zero-order chi connectivity index (χ0) is 21.3. The van der Waals surface area contributed by atoms with E-state index in [1.807, 2.05) is 0 Å². The van der Waals surface area contributed by atoms with Gasteiger partial charge in [0.1, 0.15) is 17.4 Å².